The smallest absolute Gasteiger partial charge is 0.269 e. The highest BCUT2D eigenvalue weighted by Gasteiger charge is 2.15. The maximum Gasteiger partial charge on any atom is 0.269 e. The van der Waals surface area contributed by atoms with Gasteiger partial charge in [0.25, 0.3) is 11.5 Å². The third-order valence-electron chi connectivity index (χ3n) is 5.42. The molecule has 5 nitrogen and oxygen atoms in total. The van der Waals surface area contributed by atoms with Gasteiger partial charge in [-0.1, -0.05) is 78.9 Å². The van der Waals surface area contributed by atoms with Crippen LogP contribution < -0.4 is 20.1 Å². The van der Waals surface area contributed by atoms with Crippen LogP contribution in [0.2, 0.25) is 0 Å². The summed E-state index contributed by atoms with van der Waals surface area (Å²) in [5.41, 5.74) is 1.67. The van der Waals surface area contributed by atoms with E-state index in [-0.39, 0.29) is 17.7 Å². The summed E-state index contributed by atoms with van der Waals surface area (Å²) in [6.45, 7) is 4.32. The largest absolute Gasteiger partial charge is 0.351 e. The van der Waals surface area contributed by atoms with Gasteiger partial charge in [0.2, 0.25) is 0 Å². The van der Waals surface area contributed by atoms with Crippen molar-refractivity contribution >= 4 is 39.7 Å². The minimum Gasteiger partial charge on any atom is -0.351 e. The fraction of sp³-hybridized carbons (Fsp3) is 0.107. The molecular weight excluding hydrogens is 442 g/mol. The molecule has 0 saturated carbocycles. The molecule has 0 aliphatic heterocycles. The number of nitrogens with zero attached hydrogens (tertiary/aromatic N) is 2. The number of hydrogen-bond donors (Lipinski definition) is 1. The van der Waals surface area contributed by atoms with E-state index in [1.165, 1.54) is 4.57 Å². The standard InChI is InChI=1S/C28H23N3O2S/c1-2-17-31-27(33)25(18-22-13-8-12-21-11-6-7-14-23(21)22)34-28(31)24(19-29)26(32)30-16-15-20-9-4-3-5-10-20/h2-14,18H,1,15-17H2,(H,30,32). The molecule has 1 heterocycles. The van der Waals surface area contributed by atoms with Crippen molar-refractivity contribution in [2.24, 2.45) is 0 Å². The monoisotopic (exact) mass is 465 g/mol. The number of allylic oxidation sites excluding steroid dienone is 1. The molecule has 0 aliphatic carbocycles. The van der Waals surface area contributed by atoms with E-state index in [9.17, 15) is 14.9 Å². The first kappa shape index (κ1) is 23.0. The van der Waals surface area contributed by atoms with E-state index in [1.807, 2.05) is 84.9 Å². The summed E-state index contributed by atoms with van der Waals surface area (Å²) in [4.78, 5) is 26.1. The zero-order valence-electron chi connectivity index (χ0n) is 18.5. The van der Waals surface area contributed by atoms with Crippen LogP contribution in [0.25, 0.3) is 22.4 Å². The second-order valence-corrected chi connectivity index (χ2v) is 8.70. The second kappa shape index (κ2) is 10.6. The molecule has 34 heavy (non-hydrogen) atoms. The maximum atomic E-state index is 13.2. The molecule has 1 aromatic heterocycles. The molecule has 0 fully saturated rings. The molecule has 4 rings (SSSR count). The van der Waals surface area contributed by atoms with Crippen molar-refractivity contribution in [1.29, 1.82) is 5.26 Å². The van der Waals surface area contributed by atoms with Crippen LogP contribution in [0, 0.1) is 11.3 Å². The fourth-order valence-corrected chi connectivity index (χ4v) is 4.87. The van der Waals surface area contributed by atoms with Crippen LogP contribution in [0.3, 0.4) is 0 Å². The van der Waals surface area contributed by atoms with Crippen LogP contribution in [0.5, 0.6) is 0 Å². The van der Waals surface area contributed by atoms with Gasteiger partial charge in [-0.05, 0) is 34.4 Å². The Hall–Kier alpha value is -4.21. The summed E-state index contributed by atoms with van der Waals surface area (Å²) in [5, 5.41) is 14.7. The third-order valence-corrected chi connectivity index (χ3v) is 6.55. The lowest BCUT2D eigenvalue weighted by Gasteiger charge is -2.05. The van der Waals surface area contributed by atoms with Gasteiger partial charge in [0.15, 0.2) is 5.57 Å². The average molecular weight is 466 g/mol. The first-order valence-corrected chi connectivity index (χ1v) is 11.7. The number of aromatic nitrogens is 1. The van der Waals surface area contributed by atoms with Gasteiger partial charge in [0.1, 0.15) is 10.7 Å². The molecular formula is C28H23N3O2S. The highest BCUT2D eigenvalue weighted by molar-refractivity contribution is 7.07. The quantitative estimate of drug-likeness (QED) is 0.426. The summed E-state index contributed by atoms with van der Waals surface area (Å²) < 4.78 is 2.22. The molecule has 0 atom stereocenters. The number of amides is 1. The molecule has 0 radical (unpaired) electrons. The van der Waals surface area contributed by atoms with E-state index in [0.717, 1.165) is 33.2 Å². The number of nitriles is 1. The molecule has 3 aromatic carbocycles. The minimum atomic E-state index is -0.491. The molecule has 0 bridgehead atoms. The lowest BCUT2D eigenvalue weighted by Crippen LogP contribution is -2.35. The number of carbonyl (C=O) groups excluding carboxylic acids is 1. The predicted molar refractivity (Wildman–Crippen MR) is 138 cm³/mol. The van der Waals surface area contributed by atoms with Crippen molar-refractivity contribution in [3.8, 4) is 6.07 Å². The summed E-state index contributed by atoms with van der Waals surface area (Å²) >= 11 is 1.15. The highest BCUT2D eigenvalue weighted by Crippen LogP contribution is 2.18. The van der Waals surface area contributed by atoms with Crippen molar-refractivity contribution in [2.75, 3.05) is 6.54 Å². The zero-order valence-corrected chi connectivity index (χ0v) is 19.3. The zero-order chi connectivity index (χ0) is 23.9. The molecule has 6 heteroatoms. The maximum absolute atomic E-state index is 13.2. The van der Waals surface area contributed by atoms with Gasteiger partial charge < -0.3 is 5.32 Å². The van der Waals surface area contributed by atoms with E-state index in [4.69, 9.17) is 0 Å². The summed E-state index contributed by atoms with van der Waals surface area (Å²) in [7, 11) is 0. The highest BCUT2D eigenvalue weighted by atomic mass is 32.1. The Kier molecular flexibility index (Phi) is 7.16. The Morgan fingerprint density at radius 1 is 1.06 bits per heavy atom. The van der Waals surface area contributed by atoms with E-state index in [1.54, 1.807) is 6.08 Å². The summed E-state index contributed by atoms with van der Waals surface area (Å²) in [6.07, 6.45) is 4.05. The lowest BCUT2D eigenvalue weighted by molar-refractivity contribution is -0.115. The normalized spacial score (nSPS) is 12.3. The van der Waals surface area contributed by atoms with E-state index >= 15 is 0 Å². The van der Waals surface area contributed by atoms with Gasteiger partial charge in [-0.25, -0.2) is 0 Å². The first-order chi connectivity index (χ1) is 16.6. The van der Waals surface area contributed by atoms with Gasteiger partial charge in [0, 0.05) is 13.1 Å². The Morgan fingerprint density at radius 2 is 1.79 bits per heavy atom. The van der Waals surface area contributed by atoms with Gasteiger partial charge in [-0.3, -0.25) is 14.2 Å². The van der Waals surface area contributed by atoms with Crippen LogP contribution in [0.1, 0.15) is 11.1 Å². The van der Waals surface area contributed by atoms with Crippen molar-refractivity contribution in [1.82, 2.24) is 9.88 Å². The van der Waals surface area contributed by atoms with Crippen LogP contribution in [-0.4, -0.2) is 17.0 Å². The average Bonchev–Trinajstić information content (AvgIpc) is 3.15. The van der Waals surface area contributed by atoms with Gasteiger partial charge in [-0.2, -0.15) is 5.26 Å². The Balaban J connectivity index is 1.76. The molecule has 4 aromatic rings. The molecule has 0 saturated heterocycles. The van der Waals surface area contributed by atoms with Crippen LogP contribution in [0.4, 0.5) is 0 Å². The van der Waals surface area contributed by atoms with Crippen molar-refractivity contribution in [3.05, 3.63) is 116 Å². The molecule has 168 valence electrons. The van der Waals surface area contributed by atoms with E-state index < -0.39 is 5.91 Å². The molecule has 0 aliphatic rings. The number of benzene rings is 3. The first-order valence-electron chi connectivity index (χ1n) is 10.9. The number of thiazole rings is 1. The fourth-order valence-electron chi connectivity index (χ4n) is 3.77. The number of rotatable bonds is 7. The van der Waals surface area contributed by atoms with E-state index in [0.29, 0.717) is 22.2 Å². The van der Waals surface area contributed by atoms with Crippen LogP contribution >= 0.6 is 11.3 Å². The third kappa shape index (κ3) is 4.90. The van der Waals surface area contributed by atoms with Gasteiger partial charge >= 0.3 is 0 Å². The second-order valence-electron chi connectivity index (χ2n) is 7.67. The number of fused-ring (bicyclic) bond motifs is 1. The molecule has 0 unspecified atom stereocenters. The minimum absolute atomic E-state index is 0.0745. The Bertz CT molecular complexity index is 1570. The van der Waals surface area contributed by atoms with Gasteiger partial charge in [-0.15, -0.1) is 17.9 Å². The number of hydrogen-bond acceptors (Lipinski definition) is 4. The summed E-state index contributed by atoms with van der Waals surface area (Å²) in [6, 6.07) is 25.7. The number of nitrogens with one attached hydrogen (secondary N) is 1. The van der Waals surface area contributed by atoms with E-state index in [2.05, 4.69) is 11.9 Å². The van der Waals surface area contributed by atoms with Crippen molar-refractivity contribution in [2.45, 2.75) is 13.0 Å². The molecule has 0 spiro atoms. The topological polar surface area (TPSA) is 74.9 Å². The van der Waals surface area contributed by atoms with Crippen LogP contribution in [-0.2, 0) is 17.8 Å². The van der Waals surface area contributed by atoms with Gasteiger partial charge in [0.05, 0.1) is 4.53 Å². The Labute approximate surface area is 201 Å². The van der Waals surface area contributed by atoms with Crippen LogP contribution in [0.15, 0.2) is 90.2 Å². The molecule has 1 N–H and O–H groups in total. The lowest BCUT2D eigenvalue weighted by atomic mass is 10.0. The number of carbonyl (C=O) groups is 1. The van der Waals surface area contributed by atoms with Crippen molar-refractivity contribution in [3.63, 3.8) is 0 Å². The van der Waals surface area contributed by atoms with Crippen molar-refractivity contribution < 1.29 is 4.79 Å². The molecule has 1 amide bonds. The Morgan fingerprint density at radius 3 is 2.56 bits per heavy atom. The SMILES string of the molecule is C=CCn1c(=C(C#N)C(=O)NCCc2ccccc2)sc(=Cc2cccc3ccccc23)c1=O. The summed E-state index contributed by atoms with van der Waals surface area (Å²) in [5.74, 6) is -0.491. The predicted octanol–water partition coefficient (Wildman–Crippen LogP) is 3.11.